The summed E-state index contributed by atoms with van der Waals surface area (Å²) in [5, 5.41) is 5.13. The Hall–Kier alpha value is -2.32. The first-order valence-electron chi connectivity index (χ1n) is 10.3. The number of rotatable bonds is 6. The number of carbonyl (C=O) groups excluding carboxylic acids is 1. The smallest absolute Gasteiger partial charge is 0.410 e. The quantitative estimate of drug-likeness (QED) is 0.682. The summed E-state index contributed by atoms with van der Waals surface area (Å²) >= 11 is 1.68. The third kappa shape index (κ3) is 6.09. The SMILES string of the molecule is CNN(C)c1ccc(OCc2csc(C3CCN(C(=O)OC(C)(C)C)CC3)n2)cc1. The van der Waals surface area contributed by atoms with Crippen LogP contribution in [0.1, 0.15) is 50.2 Å². The Balaban J connectivity index is 1.48. The van der Waals surface area contributed by atoms with E-state index >= 15 is 0 Å². The van der Waals surface area contributed by atoms with Gasteiger partial charge in [-0.05, 0) is 57.9 Å². The molecule has 164 valence electrons. The fourth-order valence-electron chi connectivity index (χ4n) is 3.26. The van der Waals surface area contributed by atoms with Gasteiger partial charge in [-0.2, -0.15) is 0 Å². The number of piperidine rings is 1. The van der Waals surface area contributed by atoms with E-state index in [9.17, 15) is 4.79 Å². The average Bonchev–Trinajstić information content (AvgIpc) is 3.20. The maximum Gasteiger partial charge on any atom is 0.410 e. The van der Waals surface area contributed by atoms with Crippen LogP contribution in [0.15, 0.2) is 29.6 Å². The number of amides is 1. The molecule has 0 spiro atoms. The number of nitrogens with zero attached hydrogens (tertiary/aromatic N) is 3. The molecule has 0 unspecified atom stereocenters. The first-order chi connectivity index (χ1) is 14.2. The van der Waals surface area contributed by atoms with Crippen molar-refractivity contribution in [1.29, 1.82) is 0 Å². The van der Waals surface area contributed by atoms with Gasteiger partial charge in [-0.1, -0.05) is 0 Å². The molecule has 1 aromatic heterocycles. The molecule has 3 rings (SSSR count). The lowest BCUT2D eigenvalue weighted by molar-refractivity contribution is 0.0205. The maximum absolute atomic E-state index is 12.2. The monoisotopic (exact) mass is 432 g/mol. The minimum atomic E-state index is -0.457. The van der Waals surface area contributed by atoms with E-state index in [2.05, 4.69) is 10.8 Å². The third-order valence-corrected chi connectivity index (χ3v) is 6.07. The number of aromatic nitrogens is 1. The highest BCUT2D eigenvalue weighted by atomic mass is 32.1. The van der Waals surface area contributed by atoms with Gasteiger partial charge in [0, 0.05) is 38.5 Å². The number of thiazole rings is 1. The number of anilines is 1. The lowest BCUT2D eigenvalue weighted by Crippen LogP contribution is -2.41. The van der Waals surface area contributed by atoms with E-state index in [-0.39, 0.29) is 6.09 Å². The predicted octanol–water partition coefficient (Wildman–Crippen LogP) is 4.41. The third-order valence-electron chi connectivity index (χ3n) is 5.01. The van der Waals surface area contributed by atoms with Crippen LogP contribution in [0.25, 0.3) is 0 Å². The van der Waals surface area contributed by atoms with Crippen LogP contribution in [0, 0.1) is 0 Å². The summed E-state index contributed by atoms with van der Waals surface area (Å²) in [6.07, 6.45) is 1.60. The molecule has 2 aromatic rings. The fourth-order valence-corrected chi connectivity index (χ4v) is 4.24. The summed E-state index contributed by atoms with van der Waals surface area (Å²) in [5.41, 5.74) is 4.62. The van der Waals surface area contributed by atoms with Crippen LogP contribution >= 0.6 is 11.3 Å². The van der Waals surface area contributed by atoms with Crippen LogP contribution in [0.4, 0.5) is 10.5 Å². The highest BCUT2D eigenvalue weighted by Crippen LogP contribution is 2.31. The zero-order valence-corrected chi connectivity index (χ0v) is 19.3. The molecule has 1 aliphatic rings. The molecule has 1 aromatic carbocycles. The van der Waals surface area contributed by atoms with Gasteiger partial charge in [-0.15, -0.1) is 11.3 Å². The van der Waals surface area contributed by atoms with Crippen molar-refractivity contribution < 1.29 is 14.3 Å². The Morgan fingerprint density at radius 3 is 2.53 bits per heavy atom. The first kappa shape index (κ1) is 22.4. The number of hydrogen-bond acceptors (Lipinski definition) is 7. The Morgan fingerprint density at radius 1 is 1.27 bits per heavy atom. The van der Waals surface area contributed by atoms with Crippen molar-refractivity contribution in [2.45, 2.75) is 51.7 Å². The van der Waals surface area contributed by atoms with E-state index in [4.69, 9.17) is 14.5 Å². The molecule has 1 amide bonds. The zero-order chi connectivity index (χ0) is 21.7. The van der Waals surface area contributed by atoms with Crippen molar-refractivity contribution >= 4 is 23.1 Å². The van der Waals surface area contributed by atoms with Crippen LogP contribution in [-0.4, -0.2) is 48.8 Å². The van der Waals surface area contributed by atoms with Crippen molar-refractivity contribution in [1.82, 2.24) is 15.3 Å². The molecule has 1 aliphatic heterocycles. The number of nitrogens with one attached hydrogen (secondary N) is 1. The van der Waals surface area contributed by atoms with Crippen LogP contribution in [0.3, 0.4) is 0 Å². The number of benzene rings is 1. The van der Waals surface area contributed by atoms with Crippen molar-refractivity contribution in [2.24, 2.45) is 0 Å². The Kier molecular flexibility index (Phi) is 7.20. The molecule has 2 heterocycles. The van der Waals surface area contributed by atoms with E-state index < -0.39 is 5.60 Å². The summed E-state index contributed by atoms with van der Waals surface area (Å²) in [7, 11) is 3.84. The molecule has 0 bridgehead atoms. The van der Waals surface area contributed by atoms with Gasteiger partial charge in [0.05, 0.1) is 16.4 Å². The number of hydrogen-bond donors (Lipinski definition) is 1. The molecule has 0 saturated carbocycles. The summed E-state index contributed by atoms with van der Waals surface area (Å²) in [4.78, 5) is 18.8. The number of hydrazine groups is 1. The predicted molar refractivity (Wildman–Crippen MR) is 120 cm³/mol. The molecular weight excluding hydrogens is 400 g/mol. The fraction of sp³-hybridized carbons (Fsp3) is 0.545. The number of carbonyl (C=O) groups is 1. The summed E-state index contributed by atoms with van der Waals surface area (Å²) < 4.78 is 11.4. The summed E-state index contributed by atoms with van der Waals surface area (Å²) in [5.74, 6) is 1.21. The van der Waals surface area contributed by atoms with Crippen LogP contribution in [0.5, 0.6) is 5.75 Å². The topological polar surface area (TPSA) is 66.9 Å². The second kappa shape index (κ2) is 9.66. The van der Waals surface area contributed by atoms with Gasteiger partial charge in [-0.25, -0.2) is 15.2 Å². The van der Waals surface area contributed by atoms with Crippen LogP contribution < -0.4 is 15.2 Å². The molecule has 1 fully saturated rings. The highest BCUT2D eigenvalue weighted by Gasteiger charge is 2.28. The van der Waals surface area contributed by atoms with Crippen LogP contribution in [-0.2, 0) is 11.3 Å². The minimum Gasteiger partial charge on any atom is -0.487 e. The van der Waals surface area contributed by atoms with Gasteiger partial charge >= 0.3 is 6.09 Å². The van der Waals surface area contributed by atoms with Gasteiger partial charge in [0.1, 0.15) is 18.0 Å². The van der Waals surface area contributed by atoms with Crippen LogP contribution in [0.2, 0.25) is 0 Å². The average molecular weight is 433 g/mol. The van der Waals surface area contributed by atoms with E-state index in [0.29, 0.717) is 25.6 Å². The maximum atomic E-state index is 12.2. The summed E-state index contributed by atoms with van der Waals surface area (Å²) in [6, 6.07) is 7.94. The molecule has 8 heteroatoms. The molecule has 0 atom stereocenters. The van der Waals surface area contributed by atoms with Gasteiger partial charge in [0.15, 0.2) is 0 Å². The normalized spacial score (nSPS) is 15.2. The van der Waals surface area contributed by atoms with Gasteiger partial charge < -0.3 is 19.4 Å². The standard InChI is InChI=1S/C22H32N4O3S/c1-22(2,3)29-21(27)26-12-10-16(11-13-26)20-24-17(15-30-20)14-28-19-8-6-18(7-9-19)25(5)23-4/h6-9,15-16,23H,10-14H2,1-5H3. The number of ether oxygens (including phenoxy) is 2. The first-order valence-corrected chi connectivity index (χ1v) is 11.2. The molecule has 30 heavy (non-hydrogen) atoms. The highest BCUT2D eigenvalue weighted by molar-refractivity contribution is 7.09. The molecule has 7 nitrogen and oxygen atoms in total. The molecule has 1 saturated heterocycles. The van der Waals surface area contributed by atoms with E-state index in [1.807, 2.05) is 64.1 Å². The van der Waals surface area contributed by atoms with Crippen molar-refractivity contribution in [3.63, 3.8) is 0 Å². The van der Waals surface area contributed by atoms with Crippen molar-refractivity contribution in [3.05, 3.63) is 40.3 Å². The second-order valence-electron chi connectivity index (χ2n) is 8.48. The Labute approximate surface area is 183 Å². The van der Waals surface area contributed by atoms with Gasteiger partial charge in [0.25, 0.3) is 0 Å². The largest absolute Gasteiger partial charge is 0.487 e. The van der Waals surface area contributed by atoms with Gasteiger partial charge in [0.2, 0.25) is 0 Å². The molecular formula is C22H32N4O3S. The Morgan fingerprint density at radius 2 is 1.93 bits per heavy atom. The van der Waals surface area contributed by atoms with Crippen molar-refractivity contribution in [2.75, 3.05) is 32.2 Å². The van der Waals surface area contributed by atoms with E-state index in [0.717, 1.165) is 35.0 Å². The van der Waals surface area contributed by atoms with Crippen molar-refractivity contribution in [3.8, 4) is 5.75 Å². The molecule has 0 aliphatic carbocycles. The van der Waals surface area contributed by atoms with Gasteiger partial charge in [-0.3, -0.25) is 0 Å². The molecule has 0 radical (unpaired) electrons. The Bertz CT molecular complexity index is 824. The number of likely N-dealkylation sites (tertiary alicyclic amines) is 1. The lowest BCUT2D eigenvalue weighted by atomic mass is 9.98. The minimum absolute atomic E-state index is 0.221. The van der Waals surface area contributed by atoms with E-state index in [1.54, 1.807) is 16.2 Å². The molecule has 1 N–H and O–H groups in total. The summed E-state index contributed by atoms with van der Waals surface area (Å²) in [6.45, 7) is 7.55. The zero-order valence-electron chi connectivity index (χ0n) is 18.5. The lowest BCUT2D eigenvalue weighted by Gasteiger charge is -2.32. The second-order valence-corrected chi connectivity index (χ2v) is 9.37. The van der Waals surface area contributed by atoms with E-state index in [1.165, 1.54) is 0 Å².